The van der Waals surface area contributed by atoms with Crippen LogP contribution in [0.1, 0.15) is 37.0 Å². The molecule has 190 valence electrons. The Bertz CT molecular complexity index is 1530. The largest absolute Gasteiger partial charge is 0.467 e. The molecule has 0 aliphatic heterocycles. The van der Waals surface area contributed by atoms with Crippen LogP contribution in [0.4, 0.5) is 0 Å². The van der Waals surface area contributed by atoms with Crippen LogP contribution >= 0.6 is 0 Å². The lowest BCUT2D eigenvalue weighted by atomic mass is 10.1. The molecule has 0 radical (unpaired) electrons. The normalized spacial score (nSPS) is 13.6. The molecule has 37 heavy (non-hydrogen) atoms. The van der Waals surface area contributed by atoms with Crippen molar-refractivity contribution in [2.45, 2.75) is 51.2 Å². The highest BCUT2D eigenvalue weighted by Crippen LogP contribution is 2.18. The van der Waals surface area contributed by atoms with Gasteiger partial charge in [-0.1, -0.05) is 37.1 Å². The van der Waals surface area contributed by atoms with E-state index in [1.165, 1.54) is 10.8 Å². The van der Waals surface area contributed by atoms with Gasteiger partial charge in [0.25, 0.3) is 5.56 Å². The first kappa shape index (κ1) is 24.3. The highest BCUT2D eigenvalue weighted by molar-refractivity contribution is 5.82. The molecule has 9 nitrogen and oxygen atoms in total. The number of carbonyl (C=O) groups is 2. The van der Waals surface area contributed by atoms with E-state index < -0.39 is 17.2 Å². The summed E-state index contributed by atoms with van der Waals surface area (Å²) >= 11 is 0. The van der Waals surface area contributed by atoms with Crippen LogP contribution in [0.5, 0.6) is 0 Å². The summed E-state index contributed by atoms with van der Waals surface area (Å²) in [4.78, 5) is 51.8. The molecule has 2 N–H and O–H groups in total. The van der Waals surface area contributed by atoms with E-state index in [1.807, 2.05) is 0 Å². The second-order valence-corrected chi connectivity index (χ2v) is 9.27. The zero-order chi connectivity index (χ0) is 25.8. The van der Waals surface area contributed by atoms with Gasteiger partial charge in [-0.05, 0) is 54.8 Å². The Morgan fingerprint density at radius 3 is 2.41 bits per heavy atom. The lowest BCUT2D eigenvalue weighted by molar-refractivity contribution is -0.122. The quantitative estimate of drug-likeness (QED) is 0.386. The molecule has 1 aliphatic carbocycles. The number of furan rings is 1. The zero-order valence-electron chi connectivity index (χ0n) is 20.3. The summed E-state index contributed by atoms with van der Waals surface area (Å²) in [6.07, 6.45) is 6.06. The van der Waals surface area contributed by atoms with Crippen molar-refractivity contribution < 1.29 is 14.0 Å². The first-order chi connectivity index (χ1) is 18.0. The van der Waals surface area contributed by atoms with Gasteiger partial charge in [-0.2, -0.15) is 0 Å². The molecule has 4 aromatic rings. The minimum atomic E-state index is -0.622. The van der Waals surface area contributed by atoms with Crippen molar-refractivity contribution in [2.24, 2.45) is 0 Å². The van der Waals surface area contributed by atoms with Gasteiger partial charge < -0.3 is 15.1 Å². The molecule has 0 bridgehead atoms. The van der Waals surface area contributed by atoms with E-state index in [0.717, 1.165) is 35.8 Å². The monoisotopic (exact) mass is 500 g/mol. The molecule has 0 spiro atoms. The number of benzene rings is 2. The first-order valence-corrected chi connectivity index (χ1v) is 12.4. The van der Waals surface area contributed by atoms with Crippen molar-refractivity contribution in [3.63, 3.8) is 0 Å². The number of para-hydroxylation sites is 1. The second-order valence-electron chi connectivity index (χ2n) is 9.27. The number of amides is 2. The zero-order valence-corrected chi connectivity index (χ0v) is 20.3. The first-order valence-electron chi connectivity index (χ1n) is 12.4. The number of nitrogens with zero attached hydrogens (tertiary/aromatic N) is 2. The van der Waals surface area contributed by atoms with Gasteiger partial charge in [-0.25, -0.2) is 9.36 Å². The van der Waals surface area contributed by atoms with Crippen molar-refractivity contribution in [2.75, 3.05) is 0 Å². The van der Waals surface area contributed by atoms with Crippen molar-refractivity contribution in [3.8, 4) is 5.69 Å². The molecule has 2 heterocycles. The molecular weight excluding hydrogens is 472 g/mol. The SMILES string of the molecule is O=C(Cn1c(=O)n(-c2ccc(CC(=O)NC3CCCC3)cc2)c(=O)c2ccccc21)NCc1ccco1. The average Bonchev–Trinajstić information content (AvgIpc) is 3.61. The molecule has 2 aromatic heterocycles. The van der Waals surface area contributed by atoms with Gasteiger partial charge in [0.05, 0.1) is 35.8 Å². The van der Waals surface area contributed by atoms with Gasteiger partial charge in [-0.3, -0.25) is 19.0 Å². The Morgan fingerprint density at radius 2 is 1.68 bits per heavy atom. The summed E-state index contributed by atoms with van der Waals surface area (Å²) in [5.41, 5.74) is 0.432. The third-order valence-corrected chi connectivity index (χ3v) is 6.67. The fourth-order valence-corrected chi connectivity index (χ4v) is 4.80. The molecule has 5 rings (SSSR count). The number of nitrogens with one attached hydrogen (secondary N) is 2. The van der Waals surface area contributed by atoms with Gasteiger partial charge in [0.1, 0.15) is 12.3 Å². The standard InChI is InChI=1S/C28H28N4O5/c33-25(30-20-6-1-2-7-20)16-19-11-13-21(14-12-19)32-27(35)23-9-3-4-10-24(23)31(28(32)36)18-26(34)29-17-22-8-5-15-37-22/h3-5,8-15,20H,1-2,6-7,16-18H2,(H,29,34)(H,30,33). The highest BCUT2D eigenvalue weighted by Gasteiger charge is 2.18. The molecule has 1 aliphatic rings. The smallest absolute Gasteiger partial charge is 0.336 e. The van der Waals surface area contributed by atoms with Crippen molar-refractivity contribution in [1.29, 1.82) is 0 Å². The third-order valence-electron chi connectivity index (χ3n) is 6.67. The van der Waals surface area contributed by atoms with Crippen LogP contribution < -0.4 is 21.9 Å². The Kier molecular flexibility index (Phi) is 7.02. The maximum atomic E-state index is 13.5. The fourth-order valence-electron chi connectivity index (χ4n) is 4.80. The van der Waals surface area contributed by atoms with Crippen LogP contribution in [-0.4, -0.2) is 27.0 Å². The maximum absolute atomic E-state index is 13.5. The number of rotatable bonds is 8. The van der Waals surface area contributed by atoms with Crippen LogP contribution in [0.15, 0.2) is 80.9 Å². The number of hydrogen-bond donors (Lipinski definition) is 2. The summed E-state index contributed by atoms with van der Waals surface area (Å²) in [5, 5.41) is 6.12. The Hall–Kier alpha value is -4.40. The second kappa shape index (κ2) is 10.7. The molecule has 0 atom stereocenters. The Morgan fingerprint density at radius 1 is 0.919 bits per heavy atom. The third kappa shape index (κ3) is 5.40. The van der Waals surface area contributed by atoms with E-state index >= 15 is 0 Å². The highest BCUT2D eigenvalue weighted by atomic mass is 16.3. The van der Waals surface area contributed by atoms with Gasteiger partial charge in [0, 0.05) is 6.04 Å². The fraction of sp³-hybridized carbons (Fsp3) is 0.286. The van der Waals surface area contributed by atoms with Crippen LogP contribution in [0.3, 0.4) is 0 Å². The lowest BCUT2D eigenvalue weighted by Gasteiger charge is -2.15. The predicted molar refractivity (Wildman–Crippen MR) is 138 cm³/mol. The van der Waals surface area contributed by atoms with Gasteiger partial charge in [-0.15, -0.1) is 0 Å². The molecule has 1 saturated carbocycles. The molecule has 2 aromatic carbocycles. The van der Waals surface area contributed by atoms with E-state index in [2.05, 4.69) is 10.6 Å². The van der Waals surface area contributed by atoms with Gasteiger partial charge in [0.2, 0.25) is 11.8 Å². The van der Waals surface area contributed by atoms with Gasteiger partial charge in [0.15, 0.2) is 0 Å². The van der Waals surface area contributed by atoms with Crippen molar-refractivity contribution >= 4 is 22.7 Å². The summed E-state index contributed by atoms with van der Waals surface area (Å²) in [7, 11) is 0. The topological polar surface area (TPSA) is 115 Å². The molecule has 2 amide bonds. The minimum absolute atomic E-state index is 0.0366. The number of aromatic nitrogens is 2. The summed E-state index contributed by atoms with van der Waals surface area (Å²) in [5.74, 6) is 0.162. The van der Waals surface area contributed by atoms with Crippen molar-refractivity contribution in [3.05, 3.63) is 99.1 Å². The Balaban J connectivity index is 1.41. The number of fused-ring (bicyclic) bond motifs is 1. The summed E-state index contributed by atoms with van der Waals surface area (Å²) < 4.78 is 7.58. The molecular formula is C28H28N4O5. The van der Waals surface area contributed by atoms with Crippen LogP contribution in [0, 0.1) is 0 Å². The van der Waals surface area contributed by atoms with Crippen LogP contribution in [-0.2, 0) is 29.1 Å². The van der Waals surface area contributed by atoms with Crippen LogP contribution in [0.25, 0.3) is 16.6 Å². The predicted octanol–water partition coefficient (Wildman–Crippen LogP) is 2.66. The van der Waals surface area contributed by atoms with E-state index in [-0.39, 0.29) is 31.5 Å². The van der Waals surface area contributed by atoms with E-state index in [9.17, 15) is 19.2 Å². The maximum Gasteiger partial charge on any atom is 0.336 e. The minimum Gasteiger partial charge on any atom is -0.467 e. The van der Waals surface area contributed by atoms with E-state index in [0.29, 0.717) is 22.4 Å². The van der Waals surface area contributed by atoms with Gasteiger partial charge >= 0.3 is 5.69 Å². The Labute approximate surface area is 212 Å². The van der Waals surface area contributed by atoms with Crippen molar-refractivity contribution in [1.82, 2.24) is 19.8 Å². The summed E-state index contributed by atoms with van der Waals surface area (Å²) in [6.45, 7) is -0.0757. The lowest BCUT2D eigenvalue weighted by Crippen LogP contribution is -2.41. The number of hydrogen-bond acceptors (Lipinski definition) is 5. The van der Waals surface area contributed by atoms with Crippen LogP contribution in [0.2, 0.25) is 0 Å². The number of carbonyl (C=O) groups excluding carboxylic acids is 2. The molecule has 0 saturated heterocycles. The van der Waals surface area contributed by atoms with E-state index in [1.54, 1.807) is 60.7 Å². The molecule has 9 heteroatoms. The van der Waals surface area contributed by atoms with E-state index in [4.69, 9.17) is 4.42 Å². The molecule has 0 unspecified atom stereocenters. The average molecular weight is 501 g/mol. The summed E-state index contributed by atoms with van der Waals surface area (Å²) in [6, 6.07) is 17.2. The molecule has 1 fully saturated rings.